The molecule has 3 aromatic rings. The number of nitrogens with one attached hydrogen (secondary N) is 3. The molecule has 4 rings (SSSR count). The van der Waals surface area contributed by atoms with Crippen molar-refractivity contribution in [3.63, 3.8) is 0 Å². The highest BCUT2D eigenvalue weighted by atomic mass is 32.1. The molecular weight excluding hydrogens is 540 g/mol. The molecule has 0 aliphatic carbocycles. The number of nitrogens with zero attached hydrogens (tertiary/aromatic N) is 2. The standard InChI is InChI=1S/C26H28N6O5S2/c27-22(35)18(14-21(33)34)28-23(36)16-8-9-20-17(13-16)29-25(38)31(20)10-4-5-11-32-24(37)19(30-26(32)39)12-15-6-2-1-3-7-15/h1-3,6-9,13,18-19H,4-5,10-12,14H2,(H2,27,35)(H,28,36)(H,29,38)(H,30,39)(H,33,34)/t18-,19?/m0/s1. The third-order valence-corrected chi connectivity index (χ3v) is 7.13. The highest BCUT2D eigenvalue weighted by Gasteiger charge is 2.34. The number of carbonyl (C=O) groups excluding carboxylic acids is 3. The van der Waals surface area contributed by atoms with E-state index < -0.39 is 30.2 Å². The van der Waals surface area contributed by atoms with Crippen molar-refractivity contribution < 1.29 is 24.3 Å². The number of nitrogens with two attached hydrogens (primary N) is 1. The van der Waals surface area contributed by atoms with Gasteiger partial charge in [-0.3, -0.25) is 24.1 Å². The number of imidazole rings is 1. The fraction of sp³-hybridized carbons (Fsp3) is 0.308. The summed E-state index contributed by atoms with van der Waals surface area (Å²) in [5, 5.41) is 14.8. The van der Waals surface area contributed by atoms with Gasteiger partial charge in [-0.05, 0) is 61.0 Å². The van der Waals surface area contributed by atoms with Gasteiger partial charge in [0, 0.05) is 25.1 Å². The summed E-state index contributed by atoms with van der Waals surface area (Å²) in [6, 6.07) is 13.0. The molecule has 1 aliphatic rings. The van der Waals surface area contributed by atoms with Crippen LogP contribution < -0.4 is 16.4 Å². The van der Waals surface area contributed by atoms with E-state index in [2.05, 4.69) is 15.6 Å². The minimum Gasteiger partial charge on any atom is -0.481 e. The number of rotatable bonds is 12. The van der Waals surface area contributed by atoms with E-state index in [4.69, 9.17) is 35.3 Å². The Morgan fingerprint density at radius 2 is 1.79 bits per heavy atom. The first-order chi connectivity index (χ1) is 18.6. The van der Waals surface area contributed by atoms with Crippen LogP contribution in [0.5, 0.6) is 0 Å². The zero-order chi connectivity index (χ0) is 28.1. The van der Waals surface area contributed by atoms with Crippen LogP contribution in [0.2, 0.25) is 0 Å². The predicted octanol–water partition coefficient (Wildman–Crippen LogP) is 1.87. The van der Waals surface area contributed by atoms with E-state index in [1.807, 2.05) is 34.9 Å². The van der Waals surface area contributed by atoms with Crippen molar-refractivity contribution >= 4 is 64.3 Å². The van der Waals surface area contributed by atoms with E-state index in [0.717, 1.165) is 17.5 Å². The third kappa shape index (κ3) is 6.67. The van der Waals surface area contributed by atoms with Crippen molar-refractivity contribution in [3.05, 3.63) is 64.4 Å². The molecule has 0 saturated carbocycles. The molecular formula is C26H28N6O5S2. The van der Waals surface area contributed by atoms with Crippen LogP contribution in [0.15, 0.2) is 48.5 Å². The van der Waals surface area contributed by atoms with Crippen LogP contribution in [0.1, 0.15) is 35.2 Å². The van der Waals surface area contributed by atoms with E-state index in [0.29, 0.717) is 41.3 Å². The molecule has 0 radical (unpaired) electrons. The normalized spacial score (nSPS) is 15.8. The van der Waals surface area contributed by atoms with Crippen molar-refractivity contribution in [1.82, 2.24) is 25.1 Å². The van der Waals surface area contributed by atoms with Gasteiger partial charge in [0.05, 0.1) is 17.5 Å². The van der Waals surface area contributed by atoms with Crippen LogP contribution in [0.3, 0.4) is 0 Å². The number of aryl methyl sites for hydroxylation is 1. The summed E-state index contributed by atoms with van der Waals surface area (Å²) in [7, 11) is 0. The Balaban J connectivity index is 1.34. The number of benzene rings is 2. The number of hydrogen-bond donors (Lipinski definition) is 5. The smallest absolute Gasteiger partial charge is 0.305 e. The minimum atomic E-state index is -1.33. The molecule has 2 heterocycles. The van der Waals surface area contributed by atoms with Gasteiger partial charge in [0.25, 0.3) is 11.8 Å². The maximum atomic E-state index is 12.9. The number of unbranched alkanes of at least 4 members (excludes halogenated alkanes) is 1. The number of aromatic amines is 1. The molecule has 0 bridgehead atoms. The van der Waals surface area contributed by atoms with Crippen LogP contribution >= 0.6 is 24.4 Å². The summed E-state index contributed by atoms with van der Waals surface area (Å²) in [4.78, 5) is 52.6. The van der Waals surface area contributed by atoms with Crippen LogP contribution in [-0.2, 0) is 27.3 Å². The Hall–Kier alpha value is -4.10. The molecule has 1 aliphatic heterocycles. The average molecular weight is 569 g/mol. The lowest BCUT2D eigenvalue weighted by Gasteiger charge is -2.15. The first-order valence-electron chi connectivity index (χ1n) is 12.3. The summed E-state index contributed by atoms with van der Waals surface area (Å²) < 4.78 is 2.38. The lowest BCUT2D eigenvalue weighted by atomic mass is 10.1. The Morgan fingerprint density at radius 1 is 1.08 bits per heavy atom. The molecule has 0 spiro atoms. The first-order valence-corrected chi connectivity index (χ1v) is 13.2. The Bertz CT molecular complexity index is 1480. The van der Waals surface area contributed by atoms with Crippen LogP contribution in [-0.4, -0.2) is 67.0 Å². The first kappa shape index (κ1) is 27.9. The van der Waals surface area contributed by atoms with E-state index >= 15 is 0 Å². The number of carboxylic acid groups (broad SMARTS) is 1. The topological polar surface area (TPSA) is 163 Å². The van der Waals surface area contributed by atoms with Crippen LogP contribution in [0, 0.1) is 4.77 Å². The maximum Gasteiger partial charge on any atom is 0.305 e. The molecule has 2 atom stereocenters. The van der Waals surface area contributed by atoms with Crippen molar-refractivity contribution in [2.24, 2.45) is 5.73 Å². The highest BCUT2D eigenvalue weighted by molar-refractivity contribution is 7.80. The number of primary amides is 1. The molecule has 39 heavy (non-hydrogen) atoms. The molecule has 13 heteroatoms. The molecule has 3 amide bonds. The summed E-state index contributed by atoms with van der Waals surface area (Å²) >= 11 is 10.9. The van der Waals surface area contributed by atoms with Crippen LogP contribution in [0.4, 0.5) is 0 Å². The van der Waals surface area contributed by atoms with E-state index in [1.54, 1.807) is 23.1 Å². The van der Waals surface area contributed by atoms with Gasteiger partial charge in [-0.2, -0.15) is 0 Å². The second kappa shape index (κ2) is 12.2. The van der Waals surface area contributed by atoms with Crippen molar-refractivity contribution in [3.8, 4) is 0 Å². The predicted molar refractivity (Wildman–Crippen MR) is 150 cm³/mol. The SMILES string of the molecule is NC(=O)[C@H](CC(=O)O)NC(=O)c1ccc2c(c1)[nH]c(=S)n2CCCCN1C(=O)C(Cc2ccccc2)NC1=S. The molecule has 11 nitrogen and oxygen atoms in total. The van der Waals surface area contributed by atoms with Gasteiger partial charge in [-0.25, -0.2) is 0 Å². The van der Waals surface area contributed by atoms with Gasteiger partial charge >= 0.3 is 5.97 Å². The largest absolute Gasteiger partial charge is 0.481 e. The lowest BCUT2D eigenvalue weighted by Crippen LogP contribution is -2.45. The zero-order valence-corrected chi connectivity index (χ0v) is 22.5. The van der Waals surface area contributed by atoms with Gasteiger partial charge in [0.15, 0.2) is 9.88 Å². The number of carboxylic acids is 1. The Labute approximate surface area is 234 Å². The number of carbonyl (C=O) groups is 4. The Kier molecular flexibility index (Phi) is 8.72. The lowest BCUT2D eigenvalue weighted by molar-refractivity contribution is -0.139. The number of amides is 3. The molecule has 6 N–H and O–H groups in total. The van der Waals surface area contributed by atoms with Gasteiger partial charge in [-0.15, -0.1) is 0 Å². The van der Waals surface area contributed by atoms with E-state index in [-0.39, 0.29) is 17.5 Å². The Morgan fingerprint density at radius 3 is 2.49 bits per heavy atom. The quantitative estimate of drug-likeness (QED) is 0.163. The minimum absolute atomic E-state index is 0.0275. The summed E-state index contributed by atoms with van der Waals surface area (Å²) in [6.45, 7) is 1.08. The third-order valence-electron chi connectivity index (χ3n) is 6.47. The molecule has 1 aromatic heterocycles. The summed E-state index contributed by atoms with van der Waals surface area (Å²) in [5.41, 5.74) is 7.89. The summed E-state index contributed by atoms with van der Waals surface area (Å²) in [5.74, 6) is -2.84. The average Bonchev–Trinajstić information content (AvgIpc) is 3.35. The molecule has 1 fully saturated rings. The number of thiocarbonyl (C=S) groups is 1. The van der Waals surface area contributed by atoms with Crippen LogP contribution in [0.25, 0.3) is 11.0 Å². The molecule has 204 valence electrons. The number of aromatic nitrogens is 2. The van der Waals surface area contributed by atoms with Crippen molar-refractivity contribution in [1.29, 1.82) is 0 Å². The zero-order valence-electron chi connectivity index (χ0n) is 20.9. The number of H-pyrrole nitrogens is 1. The molecule has 2 aromatic carbocycles. The van der Waals surface area contributed by atoms with E-state index in [1.165, 1.54) is 0 Å². The number of aliphatic carboxylic acids is 1. The highest BCUT2D eigenvalue weighted by Crippen LogP contribution is 2.18. The van der Waals surface area contributed by atoms with Crippen molar-refractivity contribution in [2.45, 2.75) is 44.3 Å². The number of hydrogen-bond acceptors (Lipinski definition) is 6. The van der Waals surface area contributed by atoms with Crippen molar-refractivity contribution in [2.75, 3.05) is 6.54 Å². The van der Waals surface area contributed by atoms with Gasteiger partial charge < -0.3 is 31.0 Å². The molecule has 1 saturated heterocycles. The van der Waals surface area contributed by atoms with Gasteiger partial charge in [0.2, 0.25) is 5.91 Å². The number of fused-ring (bicyclic) bond motifs is 1. The summed E-state index contributed by atoms with van der Waals surface area (Å²) in [6.07, 6.45) is 1.40. The molecule has 1 unspecified atom stereocenters. The van der Waals surface area contributed by atoms with Gasteiger partial charge in [-0.1, -0.05) is 30.3 Å². The fourth-order valence-corrected chi connectivity index (χ4v) is 5.11. The monoisotopic (exact) mass is 568 g/mol. The fourth-order valence-electron chi connectivity index (χ4n) is 4.48. The van der Waals surface area contributed by atoms with E-state index in [9.17, 15) is 19.2 Å². The van der Waals surface area contributed by atoms with Gasteiger partial charge in [0.1, 0.15) is 12.1 Å². The second-order valence-electron chi connectivity index (χ2n) is 9.23. The maximum absolute atomic E-state index is 12.9. The second-order valence-corrected chi connectivity index (χ2v) is 10.0.